The van der Waals surface area contributed by atoms with Crippen LogP contribution in [-0.2, 0) is 10.8 Å². The van der Waals surface area contributed by atoms with Gasteiger partial charge in [0.05, 0.1) is 11.3 Å². The van der Waals surface area contributed by atoms with Crippen molar-refractivity contribution in [1.82, 2.24) is 5.32 Å². The van der Waals surface area contributed by atoms with E-state index >= 15 is 0 Å². The Labute approximate surface area is 116 Å². The molecule has 0 radical (unpaired) electrons. The Morgan fingerprint density at radius 2 is 2.22 bits per heavy atom. The Morgan fingerprint density at radius 3 is 2.83 bits per heavy atom. The van der Waals surface area contributed by atoms with Gasteiger partial charge in [0.1, 0.15) is 5.82 Å². The van der Waals surface area contributed by atoms with Crippen LogP contribution < -0.4 is 11.1 Å². The third-order valence-electron chi connectivity index (χ3n) is 2.23. The maximum atomic E-state index is 13.1. The lowest BCUT2D eigenvalue weighted by Crippen LogP contribution is -2.26. The van der Waals surface area contributed by atoms with Crippen molar-refractivity contribution in [2.75, 3.05) is 24.3 Å². The minimum Gasteiger partial charge on any atom is -0.396 e. The summed E-state index contributed by atoms with van der Waals surface area (Å²) in [7, 11) is -0.866. The number of nitrogen functional groups attached to an aromatic ring is 1. The van der Waals surface area contributed by atoms with Crippen molar-refractivity contribution >= 4 is 38.3 Å². The molecule has 7 heteroatoms. The van der Waals surface area contributed by atoms with Crippen LogP contribution in [0.5, 0.6) is 0 Å². The zero-order valence-electron chi connectivity index (χ0n) is 9.83. The van der Waals surface area contributed by atoms with Crippen LogP contribution in [0.4, 0.5) is 10.1 Å². The molecule has 4 nitrogen and oxygen atoms in total. The second-order valence-electron chi connectivity index (χ2n) is 3.74. The molecule has 0 saturated carbocycles. The van der Waals surface area contributed by atoms with Gasteiger partial charge < -0.3 is 11.1 Å². The van der Waals surface area contributed by atoms with Gasteiger partial charge in [0, 0.05) is 33.8 Å². The Hall–Kier alpha value is -0.950. The van der Waals surface area contributed by atoms with Crippen LogP contribution in [0.3, 0.4) is 0 Å². The highest BCUT2D eigenvalue weighted by molar-refractivity contribution is 9.10. The zero-order valence-corrected chi connectivity index (χ0v) is 12.2. The number of amides is 1. The number of carbonyl (C=O) groups excluding carboxylic acids is 1. The lowest BCUT2D eigenvalue weighted by atomic mass is 10.2. The molecule has 18 heavy (non-hydrogen) atoms. The maximum absolute atomic E-state index is 13.1. The Balaban J connectivity index is 2.62. The lowest BCUT2D eigenvalue weighted by Gasteiger charge is -2.08. The van der Waals surface area contributed by atoms with Crippen LogP contribution in [0.1, 0.15) is 16.8 Å². The Bertz CT molecular complexity index is 482. The SMILES string of the molecule is CS(=O)CCCNC(=O)c1cc(N)c(F)cc1Br. The average molecular weight is 337 g/mol. The second kappa shape index (κ2) is 6.84. The van der Waals surface area contributed by atoms with Gasteiger partial charge in [0.2, 0.25) is 0 Å². The predicted octanol–water partition coefficient (Wildman–Crippen LogP) is 1.67. The molecule has 1 amide bonds. The van der Waals surface area contributed by atoms with Crippen LogP contribution in [-0.4, -0.2) is 28.7 Å². The van der Waals surface area contributed by atoms with Gasteiger partial charge >= 0.3 is 0 Å². The molecule has 3 N–H and O–H groups in total. The van der Waals surface area contributed by atoms with E-state index in [1.54, 1.807) is 6.26 Å². The van der Waals surface area contributed by atoms with E-state index in [4.69, 9.17) is 5.73 Å². The van der Waals surface area contributed by atoms with E-state index in [1.807, 2.05) is 0 Å². The Kier molecular flexibility index (Phi) is 5.74. The summed E-state index contributed by atoms with van der Waals surface area (Å²) in [6.45, 7) is 0.419. The molecule has 0 saturated heterocycles. The summed E-state index contributed by atoms with van der Waals surface area (Å²) in [6.07, 6.45) is 2.24. The number of anilines is 1. The molecule has 0 bridgehead atoms. The number of hydrogen-bond acceptors (Lipinski definition) is 3. The number of rotatable bonds is 5. The number of nitrogens with one attached hydrogen (secondary N) is 1. The number of benzene rings is 1. The number of carbonyl (C=O) groups is 1. The molecule has 1 aromatic rings. The standard InChI is InChI=1S/C11H14BrFN2O2S/c1-18(17)4-2-3-15-11(16)7-5-10(14)9(13)6-8(7)12/h5-6H,2-4,14H2,1H3,(H,15,16). The molecule has 0 aromatic heterocycles. The lowest BCUT2D eigenvalue weighted by molar-refractivity contribution is 0.0953. The van der Waals surface area contributed by atoms with E-state index in [2.05, 4.69) is 21.2 Å². The minimum absolute atomic E-state index is 0.0713. The molecule has 1 aromatic carbocycles. The fraction of sp³-hybridized carbons (Fsp3) is 0.364. The first-order valence-corrected chi connectivity index (χ1v) is 7.76. The smallest absolute Gasteiger partial charge is 0.252 e. The van der Waals surface area contributed by atoms with Crippen LogP contribution in [0.15, 0.2) is 16.6 Å². The summed E-state index contributed by atoms with van der Waals surface area (Å²) >= 11 is 3.11. The van der Waals surface area contributed by atoms with Crippen molar-refractivity contribution in [2.45, 2.75) is 6.42 Å². The fourth-order valence-electron chi connectivity index (χ4n) is 1.31. The molecule has 0 fully saturated rings. The van der Waals surface area contributed by atoms with E-state index in [9.17, 15) is 13.4 Å². The summed E-state index contributed by atoms with van der Waals surface area (Å²) < 4.78 is 24.3. The predicted molar refractivity (Wildman–Crippen MR) is 74.4 cm³/mol. The first-order chi connectivity index (χ1) is 8.41. The summed E-state index contributed by atoms with van der Waals surface area (Å²) in [6, 6.07) is 2.44. The molecule has 1 unspecified atom stereocenters. The highest BCUT2D eigenvalue weighted by Gasteiger charge is 2.12. The molecule has 100 valence electrons. The van der Waals surface area contributed by atoms with Crippen molar-refractivity contribution in [3.05, 3.63) is 28.0 Å². The summed E-state index contributed by atoms with van der Waals surface area (Å²) in [5.74, 6) is -0.372. The third kappa shape index (κ3) is 4.38. The summed E-state index contributed by atoms with van der Waals surface area (Å²) in [5.41, 5.74) is 5.62. The van der Waals surface area contributed by atoms with Crippen molar-refractivity contribution in [1.29, 1.82) is 0 Å². The van der Waals surface area contributed by atoms with Gasteiger partial charge in [-0.05, 0) is 34.5 Å². The first kappa shape index (κ1) is 15.1. The summed E-state index contributed by atoms with van der Waals surface area (Å²) in [5, 5.41) is 2.66. The normalized spacial score (nSPS) is 12.2. The number of halogens is 2. The molecule has 0 aliphatic carbocycles. The molecule has 1 rings (SSSR count). The quantitative estimate of drug-likeness (QED) is 0.634. The van der Waals surface area contributed by atoms with Gasteiger partial charge in [-0.15, -0.1) is 0 Å². The fourth-order valence-corrected chi connectivity index (χ4v) is 2.36. The van der Waals surface area contributed by atoms with Gasteiger partial charge in [-0.1, -0.05) is 0 Å². The Morgan fingerprint density at radius 1 is 1.56 bits per heavy atom. The monoisotopic (exact) mass is 336 g/mol. The van der Waals surface area contributed by atoms with Crippen molar-refractivity contribution in [3.8, 4) is 0 Å². The first-order valence-electron chi connectivity index (χ1n) is 5.24. The van der Waals surface area contributed by atoms with Crippen LogP contribution >= 0.6 is 15.9 Å². The highest BCUT2D eigenvalue weighted by atomic mass is 79.9. The van der Waals surface area contributed by atoms with Crippen LogP contribution in [0, 0.1) is 5.82 Å². The van der Waals surface area contributed by atoms with E-state index in [1.165, 1.54) is 6.07 Å². The number of hydrogen-bond donors (Lipinski definition) is 2. The largest absolute Gasteiger partial charge is 0.396 e. The van der Waals surface area contributed by atoms with Gasteiger partial charge in [-0.3, -0.25) is 9.00 Å². The topological polar surface area (TPSA) is 72.2 Å². The molecular weight excluding hydrogens is 323 g/mol. The van der Waals surface area contributed by atoms with E-state index in [0.29, 0.717) is 23.2 Å². The maximum Gasteiger partial charge on any atom is 0.252 e. The van der Waals surface area contributed by atoms with Gasteiger partial charge in [-0.25, -0.2) is 4.39 Å². The highest BCUT2D eigenvalue weighted by Crippen LogP contribution is 2.22. The molecular formula is C11H14BrFN2O2S. The van der Waals surface area contributed by atoms with Gasteiger partial charge in [0.25, 0.3) is 5.91 Å². The molecule has 1 atom stereocenters. The molecule has 0 spiro atoms. The van der Waals surface area contributed by atoms with Crippen LogP contribution in [0.25, 0.3) is 0 Å². The molecule has 0 aliphatic heterocycles. The average Bonchev–Trinajstić information content (AvgIpc) is 2.28. The van der Waals surface area contributed by atoms with E-state index < -0.39 is 16.6 Å². The zero-order chi connectivity index (χ0) is 13.7. The van der Waals surface area contributed by atoms with Crippen molar-refractivity contribution in [2.24, 2.45) is 0 Å². The van der Waals surface area contributed by atoms with Crippen molar-refractivity contribution in [3.63, 3.8) is 0 Å². The van der Waals surface area contributed by atoms with E-state index in [-0.39, 0.29) is 17.2 Å². The second-order valence-corrected chi connectivity index (χ2v) is 6.15. The number of nitrogens with two attached hydrogens (primary N) is 1. The summed E-state index contributed by atoms with van der Waals surface area (Å²) in [4.78, 5) is 11.8. The van der Waals surface area contributed by atoms with Gasteiger partial charge in [0.15, 0.2) is 0 Å². The van der Waals surface area contributed by atoms with Crippen LogP contribution in [0.2, 0.25) is 0 Å². The van der Waals surface area contributed by atoms with Gasteiger partial charge in [-0.2, -0.15) is 0 Å². The molecule has 0 heterocycles. The molecule has 0 aliphatic rings. The third-order valence-corrected chi connectivity index (χ3v) is 3.74. The van der Waals surface area contributed by atoms with Crippen molar-refractivity contribution < 1.29 is 13.4 Å². The van der Waals surface area contributed by atoms with E-state index in [0.717, 1.165) is 6.07 Å². The minimum atomic E-state index is -0.866.